The molecule has 0 aliphatic rings. The lowest BCUT2D eigenvalue weighted by molar-refractivity contribution is 0.164. The minimum absolute atomic E-state index is 0.543. The molecule has 2 unspecified atom stereocenters. The molecule has 0 bridgehead atoms. The number of likely N-dealkylation sites (N-methyl/N-ethyl adjacent to an activating group) is 1. The van der Waals surface area contributed by atoms with Gasteiger partial charge in [-0.2, -0.15) is 11.8 Å². The van der Waals surface area contributed by atoms with Crippen LogP contribution >= 0.6 is 11.8 Å². The van der Waals surface area contributed by atoms with Gasteiger partial charge in [0.2, 0.25) is 0 Å². The number of thioether (sulfide) groups is 1. The van der Waals surface area contributed by atoms with Gasteiger partial charge in [-0.05, 0) is 44.7 Å². The molecule has 2 nitrogen and oxygen atoms in total. The van der Waals surface area contributed by atoms with Crippen molar-refractivity contribution in [2.45, 2.75) is 45.7 Å². The second-order valence-electron chi connectivity index (χ2n) is 4.82. The average molecular weight is 232 g/mol. The SMILES string of the molecule is CSCCC(C)N(C)C(CN)CC(C)C. The molecule has 0 aromatic carbocycles. The number of rotatable bonds is 8. The Labute approximate surface area is 100.0 Å². The fourth-order valence-corrected chi connectivity index (χ4v) is 2.40. The summed E-state index contributed by atoms with van der Waals surface area (Å²) in [4.78, 5) is 2.45. The van der Waals surface area contributed by atoms with Gasteiger partial charge in [-0.1, -0.05) is 13.8 Å². The van der Waals surface area contributed by atoms with Gasteiger partial charge >= 0.3 is 0 Å². The molecule has 0 fully saturated rings. The van der Waals surface area contributed by atoms with Crippen molar-refractivity contribution in [3.8, 4) is 0 Å². The van der Waals surface area contributed by atoms with Crippen molar-refractivity contribution in [2.75, 3.05) is 25.6 Å². The van der Waals surface area contributed by atoms with Crippen molar-refractivity contribution in [1.29, 1.82) is 0 Å². The van der Waals surface area contributed by atoms with Gasteiger partial charge in [-0.25, -0.2) is 0 Å². The Morgan fingerprint density at radius 1 is 1.27 bits per heavy atom. The molecule has 0 radical (unpaired) electrons. The van der Waals surface area contributed by atoms with Gasteiger partial charge < -0.3 is 5.73 Å². The van der Waals surface area contributed by atoms with Crippen molar-refractivity contribution in [3.63, 3.8) is 0 Å². The molecule has 0 aromatic rings. The Hall–Kier alpha value is 0.270. The van der Waals surface area contributed by atoms with Crippen LogP contribution in [0.3, 0.4) is 0 Å². The molecule has 0 aliphatic heterocycles. The third-order valence-corrected chi connectivity index (χ3v) is 3.67. The quantitative estimate of drug-likeness (QED) is 0.697. The summed E-state index contributed by atoms with van der Waals surface area (Å²) in [6.45, 7) is 7.61. The second kappa shape index (κ2) is 8.43. The maximum absolute atomic E-state index is 5.84. The van der Waals surface area contributed by atoms with Crippen molar-refractivity contribution in [3.05, 3.63) is 0 Å². The Kier molecular flexibility index (Phi) is 8.58. The fraction of sp³-hybridized carbons (Fsp3) is 1.00. The molecule has 2 N–H and O–H groups in total. The van der Waals surface area contributed by atoms with Crippen LogP contribution in [0.2, 0.25) is 0 Å². The highest BCUT2D eigenvalue weighted by Gasteiger charge is 2.18. The van der Waals surface area contributed by atoms with E-state index in [1.807, 2.05) is 11.8 Å². The van der Waals surface area contributed by atoms with E-state index in [1.54, 1.807) is 0 Å². The van der Waals surface area contributed by atoms with Crippen LogP contribution in [0.15, 0.2) is 0 Å². The molecule has 15 heavy (non-hydrogen) atoms. The van der Waals surface area contributed by atoms with Crippen LogP contribution in [0.1, 0.15) is 33.6 Å². The van der Waals surface area contributed by atoms with Crippen LogP contribution < -0.4 is 5.73 Å². The maximum atomic E-state index is 5.84. The Bertz CT molecular complexity index is 151. The van der Waals surface area contributed by atoms with Crippen LogP contribution in [0.4, 0.5) is 0 Å². The van der Waals surface area contributed by atoms with Crippen LogP contribution in [-0.2, 0) is 0 Å². The first kappa shape index (κ1) is 15.3. The van der Waals surface area contributed by atoms with Gasteiger partial charge in [0.1, 0.15) is 0 Å². The average Bonchev–Trinajstić information content (AvgIpc) is 2.21. The summed E-state index contributed by atoms with van der Waals surface area (Å²) in [6.07, 6.45) is 4.63. The Balaban J connectivity index is 4.05. The highest BCUT2D eigenvalue weighted by Crippen LogP contribution is 2.14. The zero-order valence-electron chi connectivity index (χ0n) is 11.0. The number of hydrogen-bond acceptors (Lipinski definition) is 3. The highest BCUT2D eigenvalue weighted by atomic mass is 32.2. The first-order valence-corrected chi connectivity index (χ1v) is 7.33. The summed E-state index contributed by atoms with van der Waals surface area (Å²) in [5.74, 6) is 1.97. The largest absolute Gasteiger partial charge is 0.329 e. The molecule has 0 rings (SSSR count). The van der Waals surface area contributed by atoms with Crippen LogP contribution in [0.25, 0.3) is 0 Å². The molecule has 0 heterocycles. The zero-order valence-corrected chi connectivity index (χ0v) is 11.8. The third kappa shape index (κ3) is 6.44. The van der Waals surface area contributed by atoms with Crippen molar-refractivity contribution in [1.82, 2.24) is 4.90 Å². The molecule has 0 spiro atoms. The standard InChI is InChI=1S/C12H28N2S/c1-10(2)8-12(9-13)14(4)11(3)6-7-15-5/h10-12H,6-9,13H2,1-5H3. The summed E-state index contributed by atoms with van der Waals surface area (Å²) in [7, 11) is 2.21. The molecule has 3 heteroatoms. The molecule has 0 aliphatic carbocycles. The minimum atomic E-state index is 0.543. The predicted octanol–water partition coefficient (Wildman–Crippen LogP) is 2.43. The van der Waals surface area contributed by atoms with Crippen molar-refractivity contribution in [2.24, 2.45) is 11.7 Å². The van der Waals surface area contributed by atoms with E-state index in [-0.39, 0.29) is 0 Å². The molecule has 92 valence electrons. The first-order chi connectivity index (χ1) is 7.02. The van der Waals surface area contributed by atoms with E-state index in [0.717, 1.165) is 12.5 Å². The van der Waals surface area contributed by atoms with Gasteiger partial charge in [-0.15, -0.1) is 0 Å². The lowest BCUT2D eigenvalue weighted by atomic mass is 10.0. The molecule has 2 atom stereocenters. The minimum Gasteiger partial charge on any atom is -0.329 e. The maximum Gasteiger partial charge on any atom is 0.0220 e. The van der Waals surface area contributed by atoms with Crippen LogP contribution in [0.5, 0.6) is 0 Å². The smallest absolute Gasteiger partial charge is 0.0220 e. The predicted molar refractivity (Wildman–Crippen MR) is 72.5 cm³/mol. The summed E-state index contributed by atoms with van der Waals surface area (Å²) < 4.78 is 0. The lowest BCUT2D eigenvalue weighted by Crippen LogP contribution is -2.44. The molecule has 0 saturated carbocycles. The van der Waals surface area contributed by atoms with E-state index in [0.29, 0.717) is 12.1 Å². The van der Waals surface area contributed by atoms with Crippen molar-refractivity contribution >= 4 is 11.8 Å². The van der Waals surface area contributed by atoms with Crippen LogP contribution in [-0.4, -0.2) is 42.6 Å². The van der Waals surface area contributed by atoms with Gasteiger partial charge in [0.25, 0.3) is 0 Å². The summed E-state index contributed by atoms with van der Waals surface area (Å²) in [5.41, 5.74) is 5.84. The van der Waals surface area contributed by atoms with E-state index < -0.39 is 0 Å². The molecular formula is C12H28N2S. The van der Waals surface area contributed by atoms with Gasteiger partial charge in [-0.3, -0.25) is 4.90 Å². The van der Waals surface area contributed by atoms with Crippen LogP contribution in [0, 0.1) is 5.92 Å². The van der Waals surface area contributed by atoms with E-state index in [9.17, 15) is 0 Å². The topological polar surface area (TPSA) is 29.3 Å². The van der Waals surface area contributed by atoms with Crippen molar-refractivity contribution < 1.29 is 0 Å². The summed E-state index contributed by atoms with van der Waals surface area (Å²) in [5, 5.41) is 0. The third-order valence-electron chi connectivity index (χ3n) is 3.03. The molecule has 0 saturated heterocycles. The number of nitrogens with zero attached hydrogens (tertiary/aromatic N) is 1. The summed E-state index contributed by atoms with van der Waals surface area (Å²) in [6, 6.07) is 1.19. The molecular weight excluding hydrogens is 204 g/mol. The highest BCUT2D eigenvalue weighted by molar-refractivity contribution is 7.98. The zero-order chi connectivity index (χ0) is 11.8. The summed E-state index contributed by atoms with van der Waals surface area (Å²) >= 11 is 1.92. The first-order valence-electron chi connectivity index (χ1n) is 5.93. The normalized spacial score (nSPS) is 16.0. The molecule has 0 aromatic heterocycles. The van der Waals surface area contributed by atoms with Gasteiger partial charge in [0.15, 0.2) is 0 Å². The monoisotopic (exact) mass is 232 g/mol. The van der Waals surface area contributed by atoms with E-state index in [1.165, 1.54) is 18.6 Å². The van der Waals surface area contributed by atoms with E-state index >= 15 is 0 Å². The lowest BCUT2D eigenvalue weighted by Gasteiger charge is -2.33. The van der Waals surface area contributed by atoms with Gasteiger partial charge in [0, 0.05) is 18.6 Å². The van der Waals surface area contributed by atoms with E-state index in [2.05, 4.69) is 39.0 Å². The van der Waals surface area contributed by atoms with E-state index in [4.69, 9.17) is 5.73 Å². The Morgan fingerprint density at radius 3 is 2.27 bits per heavy atom. The second-order valence-corrected chi connectivity index (χ2v) is 5.80. The fourth-order valence-electron chi connectivity index (χ4n) is 1.82. The number of nitrogens with two attached hydrogens (primary N) is 1. The molecule has 0 amide bonds. The number of hydrogen-bond donors (Lipinski definition) is 1. The Morgan fingerprint density at radius 2 is 1.87 bits per heavy atom. The van der Waals surface area contributed by atoms with Gasteiger partial charge in [0.05, 0.1) is 0 Å².